The average molecular weight is 508 g/mol. The molecule has 2 heterocycles. The van der Waals surface area contributed by atoms with Gasteiger partial charge in [0, 0.05) is 31.2 Å². The number of carbonyl (C=O) groups excluding carboxylic acids is 4. The molecule has 0 aliphatic carbocycles. The minimum absolute atomic E-state index is 0.0142. The fraction of sp³-hybridized carbons (Fsp3) is 0.462. The number of aromatic nitrogens is 2. The van der Waals surface area contributed by atoms with Crippen LogP contribution in [0, 0.1) is 5.92 Å². The first-order valence-electron chi connectivity index (χ1n) is 12.4. The second-order valence-electron chi connectivity index (χ2n) is 9.70. The lowest BCUT2D eigenvalue weighted by Gasteiger charge is -2.25. The van der Waals surface area contributed by atoms with Crippen LogP contribution in [0.3, 0.4) is 0 Å². The Morgan fingerprint density at radius 1 is 1.11 bits per heavy atom. The van der Waals surface area contributed by atoms with Crippen molar-refractivity contribution in [1.29, 1.82) is 0 Å². The molecule has 0 unspecified atom stereocenters. The van der Waals surface area contributed by atoms with Gasteiger partial charge in [0.05, 0.1) is 25.2 Å². The maximum absolute atomic E-state index is 13.6. The molecule has 37 heavy (non-hydrogen) atoms. The number of benzene rings is 1. The van der Waals surface area contributed by atoms with Crippen molar-refractivity contribution in [3.05, 3.63) is 60.2 Å². The van der Waals surface area contributed by atoms with Crippen LogP contribution in [0.25, 0.3) is 0 Å². The molecular formula is C26H33BN4O6. The van der Waals surface area contributed by atoms with Crippen molar-refractivity contribution in [2.45, 2.75) is 51.4 Å². The van der Waals surface area contributed by atoms with Crippen molar-refractivity contribution >= 4 is 30.7 Å². The average Bonchev–Trinajstić information content (AvgIpc) is 2.92. The smallest absolute Gasteiger partial charge is 0.499 e. The number of hydrogen-bond donors (Lipinski definition) is 1. The van der Waals surface area contributed by atoms with Crippen molar-refractivity contribution in [3.8, 4) is 0 Å². The SMILES string of the molecule is CC(C)C[C@H](CC(=O)[C@H](Cc1ccccc1)NC(=O)c1cnccn1)B1OC(=O)CCN(C)CC(=O)O1. The maximum atomic E-state index is 13.6. The van der Waals surface area contributed by atoms with Gasteiger partial charge < -0.3 is 14.6 Å². The van der Waals surface area contributed by atoms with Gasteiger partial charge in [-0.2, -0.15) is 0 Å². The van der Waals surface area contributed by atoms with Gasteiger partial charge >= 0.3 is 13.1 Å². The number of hydrogen-bond acceptors (Lipinski definition) is 9. The number of Topliss-reactive ketones (excluding diaryl/α,β-unsaturated/α-hetero) is 1. The van der Waals surface area contributed by atoms with Crippen LogP contribution in [0.2, 0.25) is 5.82 Å². The Kier molecular flexibility index (Phi) is 10.3. The molecule has 0 bridgehead atoms. The number of amides is 1. The Bertz CT molecular complexity index is 1070. The lowest BCUT2D eigenvalue weighted by atomic mass is 9.64. The molecule has 1 saturated heterocycles. The molecule has 11 heteroatoms. The third kappa shape index (κ3) is 9.09. The summed E-state index contributed by atoms with van der Waals surface area (Å²) in [6.07, 6.45) is 4.97. The number of ketones is 1. The van der Waals surface area contributed by atoms with Crippen LogP contribution in [-0.4, -0.2) is 71.8 Å². The minimum atomic E-state index is -1.19. The van der Waals surface area contributed by atoms with Crippen LogP contribution in [0.4, 0.5) is 0 Å². The Morgan fingerprint density at radius 2 is 1.84 bits per heavy atom. The van der Waals surface area contributed by atoms with Crippen molar-refractivity contribution in [1.82, 2.24) is 20.2 Å². The lowest BCUT2D eigenvalue weighted by Crippen LogP contribution is -2.44. The Morgan fingerprint density at radius 3 is 2.51 bits per heavy atom. The largest absolute Gasteiger partial charge is 0.602 e. The molecule has 1 aliphatic rings. The van der Waals surface area contributed by atoms with E-state index in [1.165, 1.54) is 18.6 Å². The second-order valence-corrected chi connectivity index (χ2v) is 9.70. The van der Waals surface area contributed by atoms with Gasteiger partial charge in [-0.15, -0.1) is 0 Å². The van der Waals surface area contributed by atoms with E-state index in [-0.39, 0.29) is 43.2 Å². The fourth-order valence-electron chi connectivity index (χ4n) is 4.19. The predicted octanol–water partition coefficient (Wildman–Crippen LogP) is 2.10. The summed E-state index contributed by atoms with van der Waals surface area (Å²) in [4.78, 5) is 61.0. The van der Waals surface area contributed by atoms with Gasteiger partial charge in [-0.25, -0.2) is 4.98 Å². The zero-order chi connectivity index (χ0) is 26.8. The summed E-state index contributed by atoms with van der Waals surface area (Å²) in [6.45, 7) is 4.32. The molecule has 196 valence electrons. The highest BCUT2D eigenvalue weighted by molar-refractivity contribution is 6.51. The summed E-state index contributed by atoms with van der Waals surface area (Å²) < 4.78 is 11.1. The highest BCUT2D eigenvalue weighted by Gasteiger charge is 2.41. The lowest BCUT2D eigenvalue weighted by molar-refractivity contribution is -0.139. The zero-order valence-corrected chi connectivity index (χ0v) is 21.5. The number of rotatable bonds is 10. The predicted molar refractivity (Wildman–Crippen MR) is 136 cm³/mol. The highest BCUT2D eigenvalue weighted by atomic mass is 16.6. The second kappa shape index (κ2) is 13.6. The van der Waals surface area contributed by atoms with E-state index < -0.39 is 36.8 Å². The first-order chi connectivity index (χ1) is 17.7. The normalized spacial score (nSPS) is 16.6. The molecule has 10 nitrogen and oxygen atoms in total. The third-order valence-electron chi connectivity index (χ3n) is 5.99. The molecule has 1 aliphatic heterocycles. The number of nitrogens with zero attached hydrogens (tertiary/aromatic N) is 3. The van der Waals surface area contributed by atoms with Crippen molar-refractivity contribution in [3.63, 3.8) is 0 Å². The van der Waals surface area contributed by atoms with Gasteiger partial charge in [0.2, 0.25) is 0 Å². The zero-order valence-electron chi connectivity index (χ0n) is 21.5. The summed E-state index contributed by atoms with van der Waals surface area (Å²) >= 11 is 0. The highest BCUT2D eigenvalue weighted by Crippen LogP contribution is 2.28. The third-order valence-corrected chi connectivity index (χ3v) is 5.99. The van der Waals surface area contributed by atoms with E-state index in [2.05, 4.69) is 15.3 Å². The Balaban J connectivity index is 1.83. The van der Waals surface area contributed by atoms with Gasteiger partial charge in [0.25, 0.3) is 11.9 Å². The first kappa shape index (κ1) is 28.0. The van der Waals surface area contributed by atoms with E-state index in [1.54, 1.807) is 11.9 Å². The molecule has 1 aromatic carbocycles. The molecule has 3 rings (SSSR count). The topological polar surface area (TPSA) is 128 Å². The summed E-state index contributed by atoms with van der Waals surface area (Å²) in [5.74, 6) is -2.26. The Labute approximate surface area is 217 Å². The fourth-order valence-corrected chi connectivity index (χ4v) is 4.19. The van der Waals surface area contributed by atoms with Crippen LogP contribution in [-0.2, 0) is 30.1 Å². The van der Waals surface area contributed by atoms with E-state index in [0.717, 1.165) is 5.56 Å². The van der Waals surface area contributed by atoms with E-state index in [1.807, 2.05) is 44.2 Å². The Hall–Kier alpha value is -3.60. The van der Waals surface area contributed by atoms with Crippen molar-refractivity contribution < 1.29 is 28.5 Å². The van der Waals surface area contributed by atoms with Crippen molar-refractivity contribution in [2.24, 2.45) is 5.92 Å². The van der Waals surface area contributed by atoms with Gasteiger partial charge in [-0.3, -0.25) is 29.1 Å². The quantitative estimate of drug-likeness (QED) is 0.480. The van der Waals surface area contributed by atoms with Crippen LogP contribution >= 0.6 is 0 Å². The monoisotopic (exact) mass is 508 g/mol. The molecule has 1 fully saturated rings. The van der Waals surface area contributed by atoms with Gasteiger partial charge in [-0.1, -0.05) is 44.2 Å². The molecule has 1 amide bonds. The summed E-state index contributed by atoms with van der Waals surface area (Å²) in [5.41, 5.74) is 0.958. The van der Waals surface area contributed by atoms with E-state index >= 15 is 0 Å². The summed E-state index contributed by atoms with van der Waals surface area (Å²) in [7, 11) is 0.531. The number of likely N-dealkylation sites (N-methyl/N-ethyl adjacent to an activating group) is 1. The minimum Gasteiger partial charge on any atom is -0.499 e. The number of carbonyl (C=O) groups is 4. The van der Waals surface area contributed by atoms with Crippen molar-refractivity contribution in [2.75, 3.05) is 20.1 Å². The van der Waals surface area contributed by atoms with E-state index in [0.29, 0.717) is 13.0 Å². The van der Waals surface area contributed by atoms with Crippen LogP contribution < -0.4 is 5.32 Å². The molecule has 2 atom stereocenters. The van der Waals surface area contributed by atoms with E-state index in [4.69, 9.17) is 9.31 Å². The summed E-state index contributed by atoms with van der Waals surface area (Å²) in [5, 5.41) is 2.79. The van der Waals surface area contributed by atoms with Crippen LogP contribution in [0.1, 0.15) is 49.2 Å². The molecule has 1 aromatic heterocycles. The maximum Gasteiger partial charge on any atom is 0.602 e. The molecule has 0 radical (unpaired) electrons. The molecule has 0 saturated carbocycles. The van der Waals surface area contributed by atoms with Gasteiger partial charge in [0.1, 0.15) is 5.69 Å². The standard InChI is InChI=1S/C26H33BN4O6/c1-18(2)13-20(27-36-24(33)9-12-31(3)17-25(34)37-27)15-23(32)21(14-19-7-5-4-6-8-19)30-26(35)22-16-28-10-11-29-22/h4-8,10-11,16,18,20-21H,9,12-15,17H2,1-3H3,(H,30,35)/t20-,21+/m1/s1. The molecule has 0 spiro atoms. The molecule has 2 aromatic rings. The first-order valence-corrected chi connectivity index (χ1v) is 12.4. The van der Waals surface area contributed by atoms with E-state index in [9.17, 15) is 19.2 Å². The van der Waals surface area contributed by atoms with Gasteiger partial charge in [0.15, 0.2) is 5.78 Å². The molecule has 1 N–H and O–H groups in total. The molecular weight excluding hydrogens is 475 g/mol. The summed E-state index contributed by atoms with van der Waals surface area (Å²) in [6, 6.07) is 8.46. The van der Waals surface area contributed by atoms with Crippen LogP contribution in [0.15, 0.2) is 48.9 Å². The number of nitrogens with one attached hydrogen (secondary N) is 1. The van der Waals surface area contributed by atoms with Crippen LogP contribution in [0.5, 0.6) is 0 Å². The van der Waals surface area contributed by atoms with Gasteiger partial charge in [-0.05, 0) is 31.4 Å².